The number of carbonyl (C=O) groups is 1. The Kier molecular flexibility index (Phi) is 3.31. The lowest BCUT2D eigenvalue weighted by atomic mass is 9.86. The molecule has 1 N–H and O–H groups in total. The minimum Gasteiger partial charge on any atom is -0.459 e. The number of hydrogen-bond acceptors (Lipinski definition) is 2. The molecule has 0 amide bonds. The maximum Gasteiger partial charge on any atom is 0.317 e. The van der Waals surface area contributed by atoms with Gasteiger partial charge in [0.05, 0.1) is 0 Å². The first-order valence-electron chi connectivity index (χ1n) is 10.6. The molecule has 0 aliphatic heterocycles. The van der Waals surface area contributed by atoms with Crippen LogP contribution in [0.5, 0.6) is 0 Å². The molecule has 2 aromatic rings. The van der Waals surface area contributed by atoms with Crippen LogP contribution in [-0.4, -0.2) is 16.6 Å². The topological polar surface area (TPSA) is 42.1 Å². The molecule has 1 atom stereocenters. The summed E-state index contributed by atoms with van der Waals surface area (Å²) in [6, 6.07) is 2.27. The summed E-state index contributed by atoms with van der Waals surface area (Å²) >= 11 is 0. The van der Waals surface area contributed by atoms with E-state index in [1.54, 1.807) is 5.57 Å². The van der Waals surface area contributed by atoms with Crippen LogP contribution in [0, 0.1) is 5.92 Å². The Morgan fingerprint density at radius 2 is 2.07 bits per heavy atom. The van der Waals surface area contributed by atoms with Gasteiger partial charge in [0.2, 0.25) is 0 Å². The van der Waals surface area contributed by atoms with Crippen molar-refractivity contribution >= 4 is 40.2 Å². The highest BCUT2D eigenvalue weighted by Gasteiger charge is 2.32. The molecule has 3 heteroatoms. The lowest BCUT2D eigenvalue weighted by Crippen LogP contribution is -2.36. The van der Waals surface area contributed by atoms with E-state index in [-0.39, 0.29) is 11.9 Å². The molecule has 0 spiro atoms. The Balaban J connectivity index is 1.66. The first kappa shape index (κ1) is 17.1. The van der Waals surface area contributed by atoms with Crippen LogP contribution in [0.2, 0.25) is 0 Å². The largest absolute Gasteiger partial charge is 0.459 e. The van der Waals surface area contributed by atoms with Crippen molar-refractivity contribution in [3.8, 4) is 0 Å². The molecule has 0 bridgehead atoms. The number of fused-ring (bicyclic) bond motifs is 3. The van der Waals surface area contributed by atoms with Crippen molar-refractivity contribution < 1.29 is 9.53 Å². The maximum absolute atomic E-state index is 13.0. The van der Waals surface area contributed by atoms with Gasteiger partial charge < -0.3 is 9.72 Å². The molecule has 6 rings (SSSR count). The van der Waals surface area contributed by atoms with Crippen LogP contribution >= 0.6 is 0 Å². The first-order valence-corrected chi connectivity index (χ1v) is 10.6. The third-order valence-electron chi connectivity index (χ3n) is 6.54. The van der Waals surface area contributed by atoms with E-state index in [0.717, 1.165) is 30.4 Å². The van der Waals surface area contributed by atoms with Gasteiger partial charge in [-0.15, -0.1) is 0 Å². The smallest absolute Gasteiger partial charge is 0.317 e. The van der Waals surface area contributed by atoms with Crippen LogP contribution in [0.15, 0.2) is 29.9 Å². The molecule has 4 aliphatic rings. The van der Waals surface area contributed by atoms with Crippen molar-refractivity contribution in [3.05, 3.63) is 56.4 Å². The zero-order valence-electron chi connectivity index (χ0n) is 17.2. The molecule has 1 heterocycles. The maximum atomic E-state index is 13.0. The van der Waals surface area contributed by atoms with E-state index in [2.05, 4.69) is 29.3 Å². The summed E-state index contributed by atoms with van der Waals surface area (Å²) in [4.78, 5) is 16.7. The number of aromatic nitrogens is 1. The summed E-state index contributed by atoms with van der Waals surface area (Å²) < 4.78 is 5.75. The van der Waals surface area contributed by atoms with Gasteiger partial charge in [0.1, 0.15) is 11.5 Å². The number of hydrogen-bond donors (Lipinski definition) is 1. The summed E-state index contributed by atoms with van der Waals surface area (Å²) in [5.74, 6) is -0.516. The van der Waals surface area contributed by atoms with Gasteiger partial charge in [-0.3, -0.25) is 4.79 Å². The fourth-order valence-corrected chi connectivity index (χ4v) is 5.49. The minimum atomic E-state index is -0.492. The van der Waals surface area contributed by atoms with Crippen LogP contribution in [0.4, 0.5) is 0 Å². The van der Waals surface area contributed by atoms with Crippen molar-refractivity contribution in [1.82, 2.24) is 4.98 Å². The fraction of sp³-hybridized carbons (Fsp3) is 0.346. The van der Waals surface area contributed by atoms with E-state index >= 15 is 0 Å². The Morgan fingerprint density at radius 1 is 1.21 bits per heavy atom. The summed E-state index contributed by atoms with van der Waals surface area (Å²) in [7, 11) is 0. The second-order valence-corrected chi connectivity index (χ2v) is 9.58. The van der Waals surface area contributed by atoms with E-state index in [1.807, 2.05) is 32.9 Å². The SMILES string of the molecule is CC(C)(C)OC(=O)C1C=CC=C2C=c3c4c5c6c([nH]c5cc3=C21)=CCCC=6CC4. The zero-order valence-corrected chi connectivity index (χ0v) is 17.2. The number of aromatic amines is 1. The van der Waals surface area contributed by atoms with E-state index in [1.165, 1.54) is 43.9 Å². The predicted molar refractivity (Wildman–Crippen MR) is 117 cm³/mol. The van der Waals surface area contributed by atoms with Gasteiger partial charge >= 0.3 is 5.97 Å². The van der Waals surface area contributed by atoms with E-state index in [9.17, 15) is 4.79 Å². The lowest BCUT2D eigenvalue weighted by molar-refractivity contribution is -0.156. The molecule has 146 valence electrons. The Labute approximate surface area is 169 Å². The van der Waals surface area contributed by atoms with E-state index < -0.39 is 5.60 Å². The number of benzene rings is 1. The highest BCUT2D eigenvalue weighted by atomic mass is 16.6. The summed E-state index contributed by atoms with van der Waals surface area (Å²) in [5.41, 5.74) is 6.02. The third kappa shape index (κ3) is 2.40. The summed E-state index contributed by atoms with van der Waals surface area (Å²) in [6.07, 6.45) is 15.3. The lowest BCUT2D eigenvalue weighted by Gasteiger charge is -2.25. The molecular formula is C26H25NO2. The Bertz CT molecular complexity index is 1420. The van der Waals surface area contributed by atoms with Crippen molar-refractivity contribution in [2.75, 3.05) is 0 Å². The normalized spacial score (nSPS) is 21.3. The molecule has 1 unspecified atom stereocenters. The van der Waals surface area contributed by atoms with Crippen molar-refractivity contribution in [1.29, 1.82) is 0 Å². The molecule has 4 aliphatic carbocycles. The third-order valence-corrected chi connectivity index (χ3v) is 6.54. The number of aryl methyl sites for hydroxylation is 1. The van der Waals surface area contributed by atoms with Gasteiger partial charge in [0.25, 0.3) is 0 Å². The number of nitrogens with one attached hydrogen (secondary N) is 1. The van der Waals surface area contributed by atoms with Gasteiger partial charge in [-0.2, -0.15) is 0 Å². The Morgan fingerprint density at radius 3 is 2.90 bits per heavy atom. The van der Waals surface area contributed by atoms with Gasteiger partial charge in [-0.05, 0) is 85.7 Å². The minimum absolute atomic E-state index is 0.168. The van der Waals surface area contributed by atoms with Crippen molar-refractivity contribution in [3.63, 3.8) is 0 Å². The molecule has 29 heavy (non-hydrogen) atoms. The summed E-state index contributed by atoms with van der Waals surface area (Å²) in [5, 5.41) is 6.66. The van der Waals surface area contributed by atoms with Gasteiger partial charge in [0, 0.05) is 21.5 Å². The molecule has 0 saturated heterocycles. The predicted octanol–water partition coefficient (Wildman–Crippen LogP) is 2.24. The van der Waals surface area contributed by atoms with Gasteiger partial charge in [-0.25, -0.2) is 0 Å². The summed E-state index contributed by atoms with van der Waals surface area (Å²) in [6.45, 7) is 5.78. The monoisotopic (exact) mass is 383 g/mol. The molecule has 0 saturated carbocycles. The van der Waals surface area contributed by atoms with Crippen LogP contribution in [0.3, 0.4) is 0 Å². The molecule has 0 fully saturated rings. The molecule has 1 aromatic heterocycles. The number of esters is 1. The average Bonchev–Trinajstić information content (AvgIpc) is 3.23. The van der Waals surface area contributed by atoms with E-state index in [4.69, 9.17) is 4.74 Å². The number of carbonyl (C=O) groups excluding carboxylic acids is 1. The Hall–Kier alpha value is -2.81. The number of allylic oxidation sites excluding steroid dienone is 3. The highest BCUT2D eigenvalue weighted by Crippen LogP contribution is 2.32. The molecule has 0 radical (unpaired) electrons. The van der Waals surface area contributed by atoms with Gasteiger partial charge in [0.15, 0.2) is 0 Å². The average molecular weight is 383 g/mol. The fourth-order valence-electron chi connectivity index (χ4n) is 5.49. The second kappa shape index (κ2) is 5.63. The number of H-pyrrole nitrogens is 1. The van der Waals surface area contributed by atoms with Crippen LogP contribution in [-0.2, 0) is 16.0 Å². The van der Waals surface area contributed by atoms with Crippen molar-refractivity contribution in [2.24, 2.45) is 5.92 Å². The van der Waals surface area contributed by atoms with Crippen LogP contribution < -0.4 is 21.0 Å². The first-order chi connectivity index (χ1) is 13.9. The number of rotatable bonds is 1. The van der Waals surface area contributed by atoms with Crippen molar-refractivity contribution in [2.45, 2.75) is 52.1 Å². The molecule has 1 aromatic carbocycles. The van der Waals surface area contributed by atoms with Crippen LogP contribution in [0.25, 0.3) is 34.2 Å². The molecule has 3 nitrogen and oxygen atoms in total. The quantitative estimate of drug-likeness (QED) is 0.768. The second-order valence-electron chi connectivity index (χ2n) is 9.58. The van der Waals surface area contributed by atoms with Crippen LogP contribution in [0.1, 0.15) is 45.6 Å². The number of ether oxygens (including phenoxy) is 1. The highest BCUT2D eigenvalue weighted by molar-refractivity contribution is 6.00. The van der Waals surface area contributed by atoms with Gasteiger partial charge in [-0.1, -0.05) is 29.9 Å². The zero-order chi connectivity index (χ0) is 19.9. The molecular weight excluding hydrogens is 358 g/mol. The van der Waals surface area contributed by atoms with E-state index in [0.29, 0.717) is 0 Å². The standard InChI is InChI=1S/C26H25NO2/c1-26(2,3)29-25(28)17-8-4-7-15-12-18-16-11-10-14-6-5-9-20-23(14)24(16)21(27-20)13-19(18)22(15)17/h4,7-9,12-13,17,27H,5-6,10-11H2,1-3H3.